The van der Waals surface area contributed by atoms with E-state index in [2.05, 4.69) is 0 Å². The lowest BCUT2D eigenvalue weighted by molar-refractivity contribution is -0.139. The Balaban J connectivity index is 2.14. The fourth-order valence-electron chi connectivity index (χ4n) is 3.01. The minimum atomic E-state index is -0.624. The fourth-order valence-corrected chi connectivity index (χ4v) is 3.32. The SMILES string of the molecule is COC(=O)C1=C(C(=O)OC)N(c2ccc(Cl)cc2)CN(c2cccc(Cl)c2)C1. The van der Waals surface area contributed by atoms with Crippen LogP contribution in [-0.4, -0.2) is 39.4 Å². The van der Waals surface area contributed by atoms with Crippen LogP contribution in [0.2, 0.25) is 10.0 Å². The van der Waals surface area contributed by atoms with Crippen molar-refractivity contribution in [2.75, 3.05) is 37.2 Å². The van der Waals surface area contributed by atoms with Crippen LogP contribution in [0.4, 0.5) is 11.4 Å². The molecule has 6 nitrogen and oxygen atoms in total. The molecular formula is C20H18Cl2N2O4. The summed E-state index contributed by atoms with van der Waals surface area (Å²) in [5.41, 5.74) is 1.81. The highest BCUT2D eigenvalue weighted by Gasteiger charge is 2.35. The molecule has 0 bridgehead atoms. The summed E-state index contributed by atoms with van der Waals surface area (Å²) in [5, 5.41) is 1.13. The number of nitrogens with zero attached hydrogens (tertiary/aromatic N) is 2. The van der Waals surface area contributed by atoms with Gasteiger partial charge in [0.2, 0.25) is 0 Å². The first-order valence-electron chi connectivity index (χ1n) is 8.38. The molecule has 28 heavy (non-hydrogen) atoms. The molecule has 2 aromatic carbocycles. The van der Waals surface area contributed by atoms with E-state index in [0.29, 0.717) is 22.4 Å². The summed E-state index contributed by atoms with van der Waals surface area (Å²) in [4.78, 5) is 28.6. The molecule has 0 radical (unpaired) electrons. The lowest BCUT2D eigenvalue weighted by atomic mass is 10.1. The molecule has 0 saturated carbocycles. The van der Waals surface area contributed by atoms with Crippen molar-refractivity contribution in [2.45, 2.75) is 0 Å². The minimum absolute atomic E-state index is 0.134. The van der Waals surface area contributed by atoms with Gasteiger partial charge in [0.1, 0.15) is 5.70 Å². The van der Waals surface area contributed by atoms with Gasteiger partial charge in [0.15, 0.2) is 0 Å². The van der Waals surface area contributed by atoms with Gasteiger partial charge >= 0.3 is 11.9 Å². The molecule has 0 atom stereocenters. The summed E-state index contributed by atoms with van der Waals surface area (Å²) in [6.45, 7) is 0.467. The number of halogens is 2. The van der Waals surface area contributed by atoms with Gasteiger partial charge < -0.3 is 19.3 Å². The third-order valence-corrected chi connectivity index (χ3v) is 4.83. The highest BCUT2D eigenvalue weighted by Crippen LogP contribution is 2.31. The summed E-state index contributed by atoms with van der Waals surface area (Å²) in [6.07, 6.45) is 0. The van der Waals surface area contributed by atoms with E-state index in [1.807, 2.05) is 17.0 Å². The van der Waals surface area contributed by atoms with Crippen LogP contribution in [0.3, 0.4) is 0 Å². The van der Waals surface area contributed by atoms with Crippen LogP contribution in [0.5, 0.6) is 0 Å². The van der Waals surface area contributed by atoms with Gasteiger partial charge in [-0.05, 0) is 42.5 Å². The molecule has 1 aliphatic heterocycles. The van der Waals surface area contributed by atoms with E-state index < -0.39 is 11.9 Å². The molecule has 0 aromatic heterocycles. The molecule has 0 spiro atoms. The third kappa shape index (κ3) is 4.08. The summed E-state index contributed by atoms with van der Waals surface area (Å²) in [7, 11) is 2.54. The van der Waals surface area contributed by atoms with E-state index in [-0.39, 0.29) is 17.8 Å². The quantitative estimate of drug-likeness (QED) is 0.699. The molecule has 2 aromatic rings. The van der Waals surface area contributed by atoms with Crippen molar-refractivity contribution in [3.8, 4) is 0 Å². The molecule has 0 saturated heterocycles. The Morgan fingerprint density at radius 2 is 1.57 bits per heavy atom. The zero-order chi connectivity index (χ0) is 20.3. The molecule has 0 aliphatic carbocycles. The molecule has 1 aliphatic rings. The lowest BCUT2D eigenvalue weighted by Gasteiger charge is -2.39. The highest BCUT2D eigenvalue weighted by atomic mass is 35.5. The normalized spacial score (nSPS) is 14.1. The molecule has 1 heterocycles. The van der Waals surface area contributed by atoms with Gasteiger partial charge in [0.05, 0.1) is 33.0 Å². The number of carbonyl (C=O) groups excluding carboxylic acids is 2. The van der Waals surface area contributed by atoms with E-state index in [9.17, 15) is 9.59 Å². The topological polar surface area (TPSA) is 59.1 Å². The number of carbonyl (C=O) groups is 2. The Kier molecular flexibility index (Phi) is 6.11. The monoisotopic (exact) mass is 420 g/mol. The van der Waals surface area contributed by atoms with Crippen LogP contribution in [0, 0.1) is 0 Å². The first-order chi connectivity index (χ1) is 13.4. The van der Waals surface area contributed by atoms with Crippen molar-refractivity contribution in [3.05, 3.63) is 69.8 Å². The van der Waals surface area contributed by atoms with E-state index in [4.69, 9.17) is 32.7 Å². The van der Waals surface area contributed by atoms with Crippen LogP contribution in [0.15, 0.2) is 59.8 Å². The number of benzene rings is 2. The van der Waals surface area contributed by atoms with Crippen molar-refractivity contribution >= 4 is 46.5 Å². The molecule has 146 valence electrons. The Hall–Kier alpha value is -2.70. The molecule has 3 rings (SSSR count). The second-order valence-corrected chi connectivity index (χ2v) is 6.91. The van der Waals surface area contributed by atoms with Gasteiger partial charge in [-0.25, -0.2) is 9.59 Å². The van der Waals surface area contributed by atoms with Crippen LogP contribution in [-0.2, 0) is 19.1 Å². The van der Waals surface area contributed by atoms with Gasteiger partial charge in [0, 0.05) is 21.4 Å². The predicted molar refractivity (Wildman–Crippen MR) is 109 cm³/mol. The van der Waals surface area contributed by atoms with Gasteiger partial charge in [-0.2, -0.15) is 0 Å². The van der Waals surface area contributed by atoms with Gasteiger partial charge in [-0.3, -0.25) is 0 Å². The van der Waals surface area contributed by atoms with E-state index >= 15 is 0 Å². The summed E-state index contributed by atoms with van der Waals surface area (Å²) < 4.78 is 9.86. The minimum Gasteiger partial charge on any atom is -0.466 e. The first-order valence-corrected chi connectivity index (χ1v) is 9.13. The Morgan fingerprint density at radius 3 is 2.18 bits per heavy atom. The van der Waals surface area contributed by atoms with Gasteiger partial charge in [0.25, 0.3) is 0 Å². The van der Waals surface area contributed by atoms with Gasteiger partial charge in [-0.15, -0.1) is 0 Å². The van der Waals surface area contributed by atoms with Crippen molar-refractivity contribution in [1.82, 2.24) is 0 Å². The average Bonchev–Trinajstić information content (AvgIpc) is 2.72. The van der Waals surface area contributed by atoms with E-state index in [1.165, 1.54) is 14.2 Å². The number of anilines is 2. The molecule has 0 amide bonds. The average molecular weight is 421 g/mol. The lowest BCUT2D eigenvalue weighted by Crippen LogP contribution is -2.48. The number of esters is 2. The first kappa shape index (κ1) is 20.0. The van der Waals surface area contributed by atoms with Crippen LogP contribution >= 0.6 is 23.2 Å². The zero-order valence-electron chi connectivity index (χ0n) is 15.3. The van der Waals surface area contributed by atoms with Crippen molar-refractivity contribution in [1.29, 1.82) is 0 Å². The number of rotatable bonds is 4. The van der Waals surface area contributed by atoms with Crippen LogP contribution in [0.25, 0.3) is 0 Å². The van der Waals surface area contributed by atoms with Crippen molar-refractivity contribution in [3.63, 3.8) is 0 Å². The molecule has 0 fully saturated rings. The number of hydrogen-bond donors (Lipinski definition) is 0. The maximum atomic E-state index is 12.6. The second-order valence-electron chi connectivity index (χ2n) is 6.03. The Bertz CT molecular complexity index is 928. The summed E-state index contributed by atoms with van der Waals surface area (Å²) >= 11 is 12.1. The van der Waals surface area contributed by atoms with Crippen LogP contribution < -0.4 is 9.80 Å². The van der Waals surface area contributed by atoms with Gasteiger partial charge in [-0.1, -0.05) is 29.3 Å². The molecule has 0 unspecified atom stereocenters. The molecule has 0 N–H and O–H groups in total. The molecular weight excluding hydrogens is 403 g/mol. The Morgan fingerprint density at radius 1 is 0.893 bits per heavy atom. The van der Waals surface area contributed by atoms with E-state index in [1.54, 1.807) is 41.3 Å². The smallest absolute Gasteiger partial charge is 0.355 e. The number of methoxy groups -OCH3 is 2. The van der Waals surface area contributed by atoms with Crippen molar-refractivity contribution in [2.24, 2.45) is 0 Å². The molecule has 8 heteroatoms. The second kappa shape index (κ2) is 8.54. The Labute approximate surface area is 172 Å². The zero-order valence-corrected chi connectivity index (χ0v) is 16.8. The summed E-state index contributed by atoms with van der Waals surface area (Å²) in [6, 6.07) is 14.2. The predicted octanol–water partition coefficient (Wildman–Crippen LogP) is 3.88. The van der Waals surface area contributed by atoms with Crippen LogP contribution in [0.1, 0.15) is 0 Å². The number of ether oxygens (including phenoxy) is 2. The van der Waals surface area contributed by atoms with E-state index in [0.717, 1.165) is 5.69 Å². The largest absolute Gasteiger partial charge is 0.466 e. The number of hydrogen-bond acceptors (Lipinski definition) is 6. The maximum Gasteiger partial charge on any atom is 0.355 e. The third-order valence-electron chi connectivity index (χ3n) is 4.34. The highest BCUT2D eigenvalue weighted by molar-refractivity contribution is 6.31. The maximum absolute atomic E-state index is 12.6. The standard InChI is InChI=1S/C20H18Cl2N2O4/c1-27-19(25)17-11-23(16-5-3-4-14(22)10-16)12-24(18(17)20(26)28-2)15-8-6-13(21)7-9-15/h3-10H,11-12H2,1-2H3. The summed E-state index contributed by atoms with van der Waals surface area (Å²) in [5.74, 6) is -1.23. The van der Waals surface area contributed by atoms with Crippen molar-refractivity contribution < 1.29 is 19.1 Å². The fraction of sp³-hybridized carbons (Fsp3) is 0.200.